The molecular formula is C9H14FNO. The molecule has 0 aromatic rings. The monoisotopic (exact) mass is 171 g/mol. The summed E-state index contributed by atoms with van der Waals surface area (Å²) in [6.45, 7) is 1.56. The van der Waals surface area contributed by atoms with E-state index in [0.29, 0.717) is 6.54 Å². The first kappa shape index (κ1) is 9.50. The van der Waals surface area contributed by atoms with E-state index in [1.807, 2.05) is 11.9 Å². The molecule has 0 N–H and O–H groups in total. The molecule has 0 unspecified atom stereocenters. The Kier molecular flexibility index (Phi) is 3.51. The molecule has 1 fully saturated rings. The zero-order chi connectivity index (χ0) is 8.97. The van der Waals surface area contributed by atoms with E-state index >= 15 is 0 Å². The molecule has 0 aromatic carbocycles. The summed E-state index contributed by atoms with van der Waals surface area (Å²) in [6.07, 6.45) is 4.56. The standard InChI is InChI=1S/C9H14FNO/c1-3-6-12-9-4-5-11(2)7-8(9)10/h1,8-9H,4-7H2,2H3/t8-,9+/m0/s1. The van der Waals surface area contributed by atoms with Gasteiger partial charge in [-0.15, -0.1) is 6.42 Å². The smallest absolute Gasteiger partial charge is 0.139 e. The highest BCUT2D eigenvalue weighted by atomic mass is 19.1. The molecule has 0 spiro atoms. The van der Waals surface area contributed by atoms with Gasteiger partial charge in [-0.3, -0.25) is 0 Å². The van der Waals surface area contributed by atoms with Gasteiger partial charge in [0.15, 0.2) is 0 Å². The summed E-state index contributed by atoms with van der Waals surface area (Å²) in [5, 5.41) is 0. The summed E-state index contributed by atoms with van der Waals surface area (Å²) in [5.74, 6) is 2.34. The van der Waals surface area contributed by atoms with Crippen LogP contribution in [0.3, 0.4) is 0 Å². The predicted molar refractivity (Wildman–Crippen MR) is 45.6 cm³/mol. The fourth-order valence-corrected chi connectivity index (χ4v) is 1.38. The fraction of sp³-hybridized carbons (Fsp3) is 0.778. The maximum absolute atomic E-state index is 13.2. The van der Waals surface area contributed by atoms with Gasteiger partial charge in [0.2, 0.25) is 0 Å². The van der Waals surface area contributed by atoms with Gasteiger partial charge in [-0.05, 0) is 13.5 Å². The Morgan fingerprint density at radius 3 is 3.08 bits per heavy atom. The summed E-state index contributed by atoms with van der Waals surface area (Å²) in [7, 11) is 1.91. The lowest BCUT2D eigenvalue weighted by Gasteiger charge is -2.31. The van der Waals surface area contributed by atoms with Crippen LogP contribution >= 0.6 is 0 Å². The van der Waals surface area contributed by atoms with E-state index in [1.165, 1.54) is 0 Å². The van der Waals surface area contributed by atoms with E-state index in [0.717, 1.165) is 13.0 Å². The van der Waals surface area contributed by atoms with Crippen LogP contribution in [-0.4, -0.2) is 43.9 Å². The molecule has 1 aliphatic heterocycles. The van der Waals surface area contributed by atoms with Crippen LogP contribution in [0.1, 0.15) is 6.42 Å². The summed E-state index contributed by atoms with van der Waals surface area (Å²) in [5.41, 5.74) is 0. The maximum atomic E-state index is 13.2. The van der Waals surface area contributed by atoms with Crippen molar-refractivity contribution >= 4 is 0 Å². The minimum absolute atomic E-state index is 0.217. The highest BCUT2D eigenvalue weighted by molar-refractivity contribution is 4.86. The zero-order valence-corrected chi connectivity index (χ0v) is 7.29. The van der Waals surface area contributed by atoms with Gasteiger partial charge in [-0.1, -0.05) is 5.92 Å². The van der Waals surface area contributed by atoms with Crippen LogP contribution in [0.2, 0.25) is 0 Å². The van der Waals surface area contributed by atoms with Crippen molar-refractivity contribution in [3.8, 4) is 12.3 Å². The first-order valence-electron chi connectivity index (χ1n) is 4.11. The molecular weight excluding hydrogens is 157 g/mol. The topological polar surface area (TPSA) is 12.5 Å². The molecule has 0 aromatic heterocycles. The summed E-state index contributed by atoms with van der Waals surface area (Å²) >= 11 is 0. The van der Waals surface area contributed by atoms with Gasteiger partial charge >= 0.3 is 0 Å². The molecule has 0 bridgehead atoms. The minimum Gasteiger partial charge on any atom is -0.362 e. The van der Waals surface area contributed by atoms with Crippen LogP contribution in [0, 0.1) is 12.3 Å². The van der Waals surface area contributed by atoms with Crippen molar-refractivity contribution in [2.75, 3.05) is 26.7 Å². The molecule has 1 heterocycles. The van der Waals surface area contributed by atoms with Gasteiger partial charge in [0, 0.05) is 13.1 Å². The van der Waals surface area contributed by atoms with E-state index in [-0.39, 0.29) is 12.7 Å². The third kappa shape index (κ3) is 2.47. The van der Waals surface area contributed by atoms with Crippen molar-refractivity contribution < 1.29 is 9.13 Å². The summed E-state index contributed by atoms with van der Waals surface area (Å²) < 4.78 is 18.3. The lowest BCUT2D eigenvalue weighted by atomic mass is 10.1. The third-order valence-corrected chi connectivity index (χ3v) is 2.07. The first-order chi connectivity index (χ1) is 5.74. The number of terminal acetylenes is 1. The van der Waals surface area contributed by atoms with E-state index < -0.39 is 6.17 Å². The van der Waals surface area contributed by atoms with Crippen LogP contribution in [0.15, 0.2) is 0 Å². The molecule has 0 amide bonds. The quantitative estimate of drug-likeness (QED) is 0.566. The second kappa shape index (κ2) is 4.44. The number of hydrogen-bond acceptors (Lipinski definition) is 2. The SMILES string of the molecule is C#CCO[C@@H]1CCN(C)C[C@@H]1F. The van der Waals surface area contributed by atoms with Gasteiger partial charge in [-0.25, -0.2) is 4.39 Å². The molecule has 0 aliphatic carbocycles. The highest BCUT2D eigenvalue weighted by Gasteiger charge is 2.27. The Balaban J connectivity index is 2.30. The van der Waals surface area contributed by atoms with Crippen molar-refractivity contribution in [3.63, 3.8) is 0 Å². The van der Waals surface area contributed by atoms with Crippen LogP contribution in [0.25, 0.3) is 0 Å². The third-order valence-electron chi connectivity index (χ3n) is 2.07. The Labute approximate surface area is 72.7 Å². The molecule has 1 aliphatic rings. The largest absolute Gasteiger partial charge is 0.362 e. The molecule has 0 radical (unpaired) electrons. The summed E-state index contributed by atoms with van der Waals surface area (Å²) in [4.78, 5) is 1.96. The number of hydrogen-bond donors (Lipinski definition) is 0. The van der Waals surface area contributed by atoms with E-state index in [2.05, 4.69) is 5.92 Å². The normalized spacial score (nSPS) is 31.4. The molecule has 12 heavy (non-hydrogen) atoms. The summed E-state index contributed by atoms with van der Waals surface area (Å²) in [6, 6.07) is 0. The second-order valence-corrected chi connectivity index (χ2v) is 3.12. The van der Waals surface area contributed by atoms with Gasteiger partial charge in [0.25, 0.3) is 0 Å². The number of piperidine rings is 1. The number of likely N-dealkylation sites (tertiary alicyclic amines) is 1. The molecule has 0 saturated carbocycles. The zero-order valence-electron chi connectivity index (χ0n) is 7.29. The van der Waals surface area contributed by atoms with Crippen LogP contribution in [0.4, 0.5) is 4.39 Å². The molecule has 1 saturated heterocycles. The van der Waals surface area contributed by atoms with E-state index in [1.54, 1.807) is 0 Å². The average molecular weight is 171 g/mol. The first-order valence-corrected chi connectivity index (χ1v) is 4.11. The lowest BCUT2D eigenvalue weighted by Crippen LogP contribution is -2.43. The molecule has 2 nitrogen and oxygen atoms in total. The molecule has 2 atom stereocenters. The predicted octanol–water partition coefficient (Wildman–Crippen LogP) is 0.678. The Morgan fingerprint density at radius 1 is 1.75 bits per heavy atom. The second-order valence-electron chi connectivity index (χ2n) is 3.12. The van der Waals surface area contributed by atoms with Crippen LogP contribution < -0.4 is 0 Å². The Bertz CT molecular complexity index is 178. The van der Waals surface area contributed by atoms with Gasteiger partial charge in [0.1, 0.15) is 12.8 Å². The van der Waals surface area contributed by atoms with Crippen molar-refractivity contribution in [3.05, 3.63) is 0 Å². The number of ether oxygens (including phenoxy) is 1. The number of rotatable bonds is 2. The van der Waals surface area contributed by atoms with Gasteiger partial charge < -0.3 is 9.64 Å². The number of nitrogens with zero attached hydrogens (tertiary/aromatic N) is 1. The van der Waals surface area contributed by atoms with Gasteiger partial charge in [-0.2, -0.15) is 0 Å². The van der Waals surface area contributed by atoms with Crippen molar-refractivity contribution in [2.24, 2.45) is 0 Å². The Morgan fingerprint density at radius 2 is 2.50 bits per heavy atom. The van der Waals surface area contributed by atoms with E-state index in [9.17, 15) is 4.39 Å². The fourth-order valence-electron chi connectivity index (χ4n) is 1.38. The highest BCUT2D eigenvalue weighted by Crippen LogP contribution is 2.15. The van der Waals surface area contributed by atoms with E-state index in [4.69, 9.17) is 11.2 Å². The average Bonchev–Trinajstić information content (AvgIpc) is 2.03. The molecule has 1 rings (SSSR count). The van der Waals surface area contributed by atoms with Gasteiger partial charge in [0.05, 0.1) is 6.10 Å². The van der Waals surface area contributed by atoms with Crippen molar-refractivity contribution in [1.29, 1.82) is 0 Å². The minimum atomic E-state index is -0.892. The van der Waals surface area contributed by atoms with Crippen molar-refractivity contribution in [2.45, 2.75) is 18.7 Å². The Hall–Kier alpha value is -0.590. The number of alkyl halides is 1. The number of halogens is 1. The van der Waals surface area contributed by atoms with Crippen molar-refractivity contribution in [1.82, 2.24) is 4.90 Å². The van der Waals surface area contributed by atoms with Crippen LogP contribution in [0.5, 0.6) is 0 Å². The molecule has 3 heteroatoms. The molecule has 68 valence electrons. The van der Waals surface area contributed by atoms with Crippen LogP contribution in [-0.2, 0) is 4.74 Å². The lowest BCUT2D eigenvalue weighted by molar-refractivity contribution is -0.0284. The maximum Gasteiger partial charge on any atom is 0.139 e.